The van der Waals surface area contributed by atoms with Crippen molar-refractivity contribution < 1.29 is 0 Å². The van der Waals surface area contributed by atoms with E-state index in [2.05, 4.69) is 23.5 Å². The van der Waals surface area contributed by atoms with Gasteiger partial charge in [0.1, 0.15) is 0 Å². The van der Waals surface area contributed by atoms with Gasteiger partial charge in [0.25, 0.3) is 0 Å². The smallest absolute Gasteiger partial charge is 0.0438 e. The van der Waals surface area contributed by atoms with Crippen molar-refractivity contribution in [3.63, 3.8) is 0 Å². The van der Waals surface area contributed by atoms with E-state index in [1.165, 1.54) is 5.56 Å². The van der Waals surface area contributed by atoms with Crippen molar-refractivity contribution in [1.82, 2.24) is 0 Å². The Balaban J connectivity index is 1.99. The monoisotopic (exact) mass is 216 g/mol. The maximum Gasteiger partial charge on any atom is 0.0438 e. The number of benzene rings is 2. The molecule has 2 aromatic carbocycles. The van der Waals surface area contributed by atoms with E-state index in [9.17, 15) is 0 Å². The van der Waals surface area contributed by atoms with Gasteiger partial charge < -0.3 is 5.32 Å². The molecule has 15 heavy (non-hydrogen) atoms. The fourth-order valence-corrected chi connectivity index (χ4v) is 1.51. The summed E-state index contributed by atoms with van der Waals surface area (Å²) in [7, 11) is 0. The van der Waals surface area contributed by atoms with E-state index in [4.69, 9.17) is 11.6 Å². The molecular weight excluding hydrogens is 206 g/mol. The number of rotatable bonds is 3. The van der Waals surface area contributed by atoms with Gasteiger partial charge in [-0.05, 0) is 17.7 Å². The van der Waals surface area contributed by atoms with Gasteiger partial charge in [-0.1, -0.05) is 48.0 Å². The Morgan fingerprint density at radius 3 is 2.67 bits per heavy atom. The van der Waals surface area contributed by atoms with Gasteiger partial charge in [-0.15, -0.1) is 0 Å². The average molecular weight is 217 g/mol. The first-order valence-corrected chi connectivity index (χ1v) is 5.17. The summed E-state index contributed by atoms with van der Waals surface area (Å²) < 4.78 is 0. The van der Waals surface area contributed by atoms with E-state index in [1.54, 1.807) is 0 Å². The van der Waals surface area contributed by atoms with Crippen LogP contribution in [0.5, 0.6) is 0 Å². The highest BCUT2D eigenvalue weighted by Gasteiger charge is 1.94. The second kappa shape index (κ2) is 4.85. The van der Waals surface area contributed by atoms with Gasteiger partial charge in [0.15, 0.2) is 0 Å². The van der Waals surface area contributed by atoms with E-state index in [0.29, 0.717) is 0 Å². The zero-order valence-electron chi connectivity index (χ0n) is 8.20. The van der Waals surface area contributed by atoms with E-state index in [0.717, 1.165) is 17.3 Å². The zero-order chi connectivity index (χ0) is 10.5. The molecule has 0 fully saturated rings. The summed E-state index contributed by atoms with van der Waals surface area (Å²) >= 11 is 5.87. The van der Waals surface area contributed by atoms with Crippen LogP contribution in [0.3, 0.4) is 0 Å². The molecule has 0 saturated heterocycles. The summed E-state index contributed by atoms with van der Waals surface area (Å²) in [5.74, 6) is 0. The molecule has 75 valence electrons. The van der Waals surface area contributed by atoms with Gasteiger partial charge in [-0.2, -0.15) is 0 Å². The number of anilines is 1. The number of hydrogen-bond acceptors (Lipinski definition) is 1. The maximum atomic E-state index is 5.87. The van der Waals surface area contributed by atoms with Crippen LogP contribution in [0, 0.1) is 6.07 Å². The molecule has 0 bridgehead atoms. The highest BCUT2D eigenvalue weighted by Crippen LogP contribution is 2.15. The number of hydrogen-bond donors (Lipinski definition) is 1. The lowest BCUT2D eigenvalue weighted by atomic mass is 10.2. The van der Waals surface area contributed by atoms with E-state index in [1.807, 2.05) is 36.4 Å². The topological polar surface area (TPSA) is 12.0 Å². The lowest BCUT2D eigenvalue weighted by Crippen LogP contribution is -1.98. The summed E-state index contributed by atoms with van der Waals surface area (Å²) in [6.07, 6.45) is 0. The third kappa shape index (κ3) is 3.00. The highest BCUT2D eigenvalue weighted by molar-refractivity contribution is 6.30. The molecule has 0 spiro atoms. The molecule has 0 unspecified atom stereocenters. The van der Waals surface area contributed by atoms with Crippen LogP contribution in [0.1, 0.15) is 5.56 Å². The Morgan fingerprint density at radius 2 is 1.93 bits per heavy atom. The molecule has 1 radical (unpaired) electrons. The standard InChI is InChI=1S/C13H11ClN/c14-12-7-4-8-13(9-12)15-10-11-5-2-1-3-6-11/h1-7,9,15H,10H2. The van der Waals surface area contributed by atoms with Crippen LogP contribution in [0.2, 0.25) is 5.02 Å². The summed E-state index contributed by atoms with van der Waals surface area (Å²) in [4.78, 5) is 0. The van der Waals surface area contributed by atoms with Crippen LogP contribution in [0.4, 0.5) is 5.69 Å². The van der Waals surface area contributed by atoms with Crippen molar-refractivity contribution in [3.8, 4) is 0 Å². The Bertz CT molecular complexity index is 426. The van der Waals surface area contributed by atoms with Gasteiger partial charge in [-0.3, -0.25) is 0 Å². The fourth-order valence-electron chi connectivity index (χ4n) is 1.33. The Labute approximate surface area is 94.7 Å². The largest absolute Gasteiger partial charge is 0.380 e. The summed E-state index contributed by atoms with van der Waals surface area (Å²) in [6, 6.07) is 18.8. The van der Waals surface area contributed by atoms with Crippen molar-refractivity contribution in [3.05, 3.63) is 65.2 Å². The molecule has 0 aliphatic rings. The molecule has 1 nitrogen and oxygen atoms in total. The summed E-state index contributed by atoms with van der Waals surface area (Å²) in [6.45, 7) is 0.789. The quantitative estimate of drug-likeness (QED) is 0.824. The molecule has 0 amide bonds. The Kier molecular flexibility index (Phi) is 3.25. The van der Waals surface area contributed by atoms with Crippen molar-refractivity contribution in [2.45, 2.75) is 6.54 Å². The highest BCUT2D eigenvalue weighted by atomic mass is 35.5. The number of halogens is 1. The molecule has 0 aliphatic carbocycles. The SMILES string of the molecule is Clc1cc[c]c(NCc2ccccc2)c1. The van der Waals surface area contributed by atoms with E-state index in [-0.39, 0.29) is 0 Å². The molecule has 2 heteroatoms. The lowest BCUT2D eigenvalue weighted by Gasteiger charge is -2.05. The summed E-state index contributed by atoms with van der Waals surface area (Å²) in [5, 5.41) is 3.99. The third-order valence-corrected chi connectivity index (χ3v) is 2.32. The molecule has 0 heterocycles. The van der Waals surface area contributed by atoms with Crippen LogP contribution < -0.4 is 5.32 Å². The Morgan fingerprint density at radius 1 is 1.13 bits per heavy atom. The third-order valence-electron chi connectivity index (χ3n) is 2.09. The molecule has 1 N–H and O–H groups in total. The van der Waals surface area contributed by atoms with Gasteiger partial charge in [-0.25, -0.2) is 0 Å². The zero-order valence-corrected chi connectivity index (χ0v) is 8.96. The minimum atomic E-state index is 0.726. The Hall–Kier alpha value is -1.47. The molecule has 2 rings (SSSR count). The first-order chi connectivity index (χ1) is 7.34. The van der Waals surface area contributed by atoms with Crippen molar-refractivity contribution in [2.24, 2.45) is 0 Å². The molecule has 0 aromatic heterocycles. The van der Waals surface area contributed by atoms with Crippen LogP contribution in [-0.4, -0.2) is 0 Å². The van der Waals surface area contributed by atoms with Gasteiger partial charge >= 0.3 is 0 Å². The predicted molar refractivity (Wildman–Crippen MR) is 64.1 cm³/mol. The fraction of sp³-hybridized carbons (Fsp3) is 0.0769. The molecule has 0 aliphatic heterocycles. The first kappa shape index (κ1) is 10.1. The van der Waals surface area contributed by atoms with Crippen LogP contribution >= 0.6 is 11.6 Å². The second-order valence-corrected chi connectivity index (χ2v) is 3.70. The maximum absolute atomic E-state index is 5.87. The second-order valence-electron chi connectivity index (χ2n) is 3.26. The van der Waals surface area contributed by atoms with E-state index >= 15 is 0 Å². The average Bonchev–Trinajstić information content (AvgIpc) is 2.28. The van der Waals surface area contributed by atoms with Crippen molar-refractivity contribution in [1.29, 1.82) is 0 Å². The van der Waals surface area contributed by atoms with E-state index < -0.39 is 0 Å². The van der Waals surface area contributed by atoms with Crippen LogP contribution in [-0.2, 0) is 6.54 Å². The van der Waals surface area contributed by atoms with Gasteiger partial charge in [0.05, 0.1) is 0 Å². The summed E-state index contributed by atoms with van der Waals surface area (Å²) in [5.41, 5.74) is 2.16. The van der Waals surface area contributed by atoms with Crippen LogP contribution in [0.25, 0.3) is 0 Å². The molecule has 2 aromatic rings. The molecular formula is C13H11ClN. The number of nitrogens with one attached hydrogen (secondary N) is 1. The van der Waals surface area contributed by atoms with Crippen molar-refractivity contribution >= 4 is 17.3 Å². The minimum Gasteiger partial charge on any atom is -0.380 e. The van der Waals surface area contributed by atoms with Gasteiger partial charge in [0.2, 0.25) is 0 Å². The van der Waals surface area contributed by atoms with Crippen molar-refractivity contribution in [2.75, 3.05) is 5.32 Å². The normalized spacial score (nSPS) is 9.93. The lowest BCUT2D eigenvalue weighted by molar-refractivity contribution is 1.15. The van der Waals surface area contributed by atoms with Gasteiger partial charge in [0, 0.05) is 23.3 Å². The molecule has 0 atom stereocenters. The minimum absolute atomic E-state index is 0.726. The predicted octanol–water partition coefficient (Wildman–Crippen LogP) is 3.75. The first-order valence-electron chi connectivity index (χ1n) is 4.79. The molecule has 0 saturated carbocycles. The van der Waals surface area contributed by atoms with Crippen LogP contribution in [0.15, 0.2) is 48.5 Å².